The molecule has 1 amide bonds. The van der Waals surface area contributed by atoms with Crippen molar-refractivity contribution in [2.75, 3.05) is 13.2 Å². The second-order valence-electron chi connectivity index (χ2n) is 11.5. The number of rotatable bonds is 24. The third-order valence-electron chi connectivity index (χ3n) is 7.73. The molecular weight excluding hydrogens is 558 g/mol. The largest absolute Gasteiger partial charge is 0.394 e. The quantitative estimate of drug-likeness (QED) is 0.0587. The maximum atomic E-state index is 12.8. The smallest absolute Gasteiger partial charge is 0.249 e. The minimum Gasteiger partial charge on any atom is -0.394 e. The predicted molar refractivity (Wildman–Crippen MR) is 164 cm³/mol. The van der Waals surface area contributed by atoms with Crippen molar-refractivity contribution in [2.24, 2.45) is 0 Å². The summed E-state index contributed by atoms with van der Waals surface area (Å²) in [5, 5.41) is 74.4. The summed E-state index contributed by atoms with van der Waals surface area (Å²) >= 11 is 0. The number of hydrogen-bond donors (Lipinski definition) is 8. The van der Waals surface area contributed by atoms with E-state index in [2.05, 4.69) is 37.4 Å². The van der Waals surface area contributed by atoms with Crippen molar-refractivity contribution < 1.29 is 50.0 Å². The number of carbonyl (C=O) groups is 1. The second-order valence-corrected chi connectivity index (χ2v) is 11.5. The molecule has 43 heavy (non-hydrogen) atoms. The lowest BCUT2D eigenvalue weighted by molar-refractivity contribution is -0.303. The average molecular weight is 618 g/mol. The minimum absolute atomic E-state index is 0.231. The van der Waals surface area contributed by atoms with E-state index in [1.165, 1.54) is 6.42 Å². The summed E-state index contributed by atoms with van der Waals surface area (Å²) in [7, 11) is 0. The standard InChI is InChI=1S/C32H59NO10/c1-3-5-7-9-11-12-14-16-18-20-25(36)31(41)33-23(27(37)24(35)19-17-15-13-10-8-6-4-2)22-42-32-30(40)29(39)28(38)26(21-34)43-32/h9-11,13,23-30,32,34-40H,3-8,12,14-22H2,1-2H3,(H,33,41)/b11-9-,13-10+. The van der Waals surface area contributed by atoms with Crippen LogP contribution in [0.25, 0.3) is 0 Å². The van der Waals surface area contributed by atoms with Gasteiger partial charge in [0.25, 0.3) is 0 Å². The van der Waals surface area contributed by atoms with Crippen LogP contribution in [-0.4, -0.2) is 110 Å². The Balaban J connectivity index is 2.71. The first-order valence-corrected chi connectivity index (χ1v) is 16.2. The van der Waals surface area contributed by atoms with E-state index in [-0.39, 0.29) is 12.8 Å². The highest BCUT2D eigenvalue weighted by molar-refractivity contribution is 5.80. The fourth-order valence-electron chi connectivity index (χ4n) is 4.82. The molecule has 1 aliphatic heterocycles. The van der Waals surface area contributed by atoms with Crippen molar-refractivity contribution in [3.05, 3.63) is 24.3 Å². The molecule has 0 aliphatic carbocycles. The summed E-state index contributed by atoms with van der Waals surface area (Å²) < 4.78 is 10.9. The third kappa shape index (κ3) is 15.9. The van der Waals surface area contributed by atoms with Crippen LogP contribution in [0.15, 0.2) is 24.3 Å². The van der Waals surface area contributed by atoms with Gasteiger partial charge in [0.2, 0.25) is 5.91 Å². The number of allylic oxidation sites excluding steroid dienone is 4. The van der Waals surface area contributed by atoms with Crippen LogP contribution in [0.1, 0.15) is 104 Å². The lowest BCUT2D eigenvalue weighted by Crippen LogP contribution is -2.60. The lowest BCUT2D eigenvalue weighted by atomic mass is 9.98. The first-order valence-electron chi connectivity index (χ1n) is 16.2. The number of hydrogen-bond acceptors (Lipinski definition) is 10. The molecule has 9 atom stereocenters. The summed E-state index contributed by atoms with van der Waals surface area (Å²) in [5.74, 6) is -0.730. The van der Waals surface area contributed by atoms with E-state index in [1.807, 2.05) is 6.08 Å². The summed E-state index contributed by atoms with van der Waals surface area (Å²) in [4.78, 5) is 12.8. The molecule has 1 rings (SSSR count). The van der Waals surface area contributed by atoms with Gasteiger partial charge in [-0.25, -0.2) is 0 Å². The van der Waals surface area contributed by atoms with Crippen molar-refractivity contribution in [3.63, 3.8) is 0 Å². The van der Waals surface area contributed by atoms with Gasteiger partial charge >= 0.3 is 0 Å². The number of aliphatic hydroxyl groups is 7. The molecule has 9 unspecified atom stereocenters. The lowest BCUT2D eigenvalue weighted by Gasteiger charge is -2.40. The van der Waals surface area contributed by atoms with Crippen molar-refractivity contribution in [3.8, 4) is 0 Å². The van der Waals surface area contributed by atoms with E-state index in [1.54, 1.807) is 0 Å². The first-order chi connectivity index (χ1) is 20.7. The van der Waals surface area contributed by atoms with Crippen molar-refractivity contribution in [1.82, 2.24) is 5.32 Å². The van der Waals surface area contributed by atoms with E-state index < -0.39 is 74.2 Å². The summed E-state index contributed by atoms with van der Waals surface area (Å²) in [6.45, 7) is 3.19. The molecule has 0 radical (unpaired) electrons. The van der Waals surface area contributed by atoms with E-state index >= 15 is 0 Å². The van der Waals surface area contributed by atoms with Gasteiger partial charge in [-0.15, -0.1) is 0 Å². The molecule has 8 N–H and O–H groups in total. The Labute approximate surface area is 257 Å². The maximum absolute atomic E-state index is 12.8. The zero-order valence-electron chi connectivity index (χ0n) is 26.2. The zero-order chi connectivity index (χ0) is 32.0. The molecular formula is C32H59NO10. The summed E-state index contributed by atoms with van der Waals surface area (Å²) in [6, 6.07) is -1.18. The van der Waals surface area contributed by atoms with Crippen LogP contribution in [0, 0.1) is 0 Å². The maximum Gasteiger partial charge on any atom is 0.249 e. The van der Waals surface area contributed by atoms with Crippen LogP contribution in [-0.2, 0) is 14.3 Å². The van der Waals surface area contributed by atoms with Crippen LogP contribution in [0.4, 0.5) is 0 Å². The molecule has 252 valence electrons. The van der Waals surface area contributed by atoms with E-state index in [0.29, 0.717) is 12.8 Å². The van der Waals surface area contributed by atoms with Crippen LogP contribution < -0.4 is 5.32 Å². The molecule has 0 spiro atoms. The third-order valence-corrected chi connectivity index (χ3v) is 7.73. The highest BCUT2D eigenvalue weighted by Gasteiger charge is 2.44. The van der Waals surface area contributed by atoms with Gasteiger partial charge < -0.3 is 50.5 Å². The molecule has 0 saturated carbocycles. The van der Waals surface area contributed by atoms with E-state index in [0.717, 1.165) is 57.8 Å². The molecule has 0 aromatic carbocycles. The Morgan fingerprint density at radius 1 is 0.791 bits per heavy atom. The Hall–Kier alpha value is -1.41. The SMILES string of the molecule is CCCC/C=C\CCCCCC(O)C(=O)NC(COC1OC(CO)C(O)C(O)C1O)C(O)C(O)CCC/C=C/CCCC. The molecule has 1 aliphatic rings. The van der Waals surface area contributed by atoms with Crippen molar-refractivity contribution in [1.29, 1.82) is 0 Å². The number of amides is 1. The fourth-order valence-corrected chi connectivity index (χ4v) is 4.82. The highest BCUT2D eigenvalue weighted by Crippen LogP contribution is 2.22. The van der Waals surface area contributed by atoms with Gasteiger partial charge in [0.1, 0.15) is 36.6 Å². The highest BCUT2D eigenvalue weighted by atomic mass is 16.7. The topological polar surface area (TPSA) is 189 Å². The van der Waals surface area contributed by atoms with E-state index in [4.69, 9.17) is 9.47 Å². The Morgan fingerprint density at radius 3 is 1.95 bits per heavy atom. The molecule has 11 nitrogen and oxygen atoms in total. The molecule has 1 heterocycles. The van der Waals surface area contributed by atoms with Gasteiger partial charge in [-0.05, 0) is 51.4 Å². The second kappa shape index (κ2) is 23.9. The summed E-state index contributed by atoms with van der Waals surface area (Å²) in [5.41, 5.74) is 0. The first kappa shape index (κ1) is 39.6. The van der Waals surface area contributed by atoms with Gasteiger partial charge in [-0.1, -0.05) is 76.7 Å². The number of nitrogens with one attached hydrogen (secondary N) is 1. The average Bonchev–Trinajstić information content (AvgIpc) is 3.00. The van der Waals surface area contributed by atoms with Crippen molar-refractivity contribution in [2.45, 2.75) is 159 Å². The molecule has 0 bridgehead atoms. The Kier molecular flexibility index (Phi) is 22.0. The molecule has 1 saturated heterocycles. The Bertz CT molecular complexity index is 764. The molecule has 0 aromatic rings. The molecule has 1 fully saturated rings. The van der Waals surface area contributed by atoms with Crippen LogP contribution in [0.2, 0.25) is 0 Å². The molecule has 11 heteroatoms. The van der Waals surface area contributed by atoms with Gasteiger partial charge in [0.05, 0.1) is 25.4 Å². The van der Waals surface area contributed by atoms with Gasteiger partial charge in [-0.3, -0.25) is 4.79 Å². The van der Waals surface area contributed by atoms with Crippen LogP contribution >= 0.6 is 0 Å². The van der Waals surface area contributed by atoms with Gasteiger partial charge in [-0.2, -0.15) is 0 Å². The van der Waals surface area contributed by atoms with Crippen LogP contribution in [0.5, 0.6) is 0 Å². The minimum atomic E-state index is -1.66. The predicted octanol–water partition coefficient (Wildman–Crippen LogP) is 1.98. The number of aliphatic hydroxyl groups excluding tert-OH is 7. The number of ether oxygens (including phenoxy) is 2. The number of carbonyl (C=O) groups excluding carboxylic acids is 1. The van der Waals surface area contributed by atoms with Crippen molar-refractivity contribution >= 4 is 5.91 Å². The summed E-state index contributed by atoms with van der Waals surface area (Å²) in [6.07, 6.45) is 8.73. The number of unbranched alkanes of at least 4 members (excludes halogenated alkanes) is 8. The van der Waals surface area contributed by atoms with E-state index in [9.17, 15) is 40.5 Å². The normalized spacial score (nSPS) is 25.7. The Morgan fingerprint density at radius 2 is 1.37 bits per heavy atom. The fraction of sp³-hybridized carbons (Fsp3) is 0.844. The van der Waals surface area contributed by atoms with Crippen LogP contribution in [0.3, 0.4) is 0 Å². The monoisotopic (exact) mass is 617 g/mol. The van der Waals surface area contributed by atoms with Gasteiger partial charge in [0.15, 0.2) is 6.29 Å². The zero-order valence-corrected chi connectivity index (χ0v) is 26.2. The molecule has 0 aromatic heterocycles. The van der Waals surface area contributed by atoms with Gasteiger partial charge in [0, 0.05) is 0 Å².